The van der Waals surface area contributed by atoms with Crippen LogP contribution >= 0.6 is 0 Å². The standard InChI is InChI=1S/C13H19N5O2S/c1-10(2)15-8-12-9-16-18-13(12)21(19,20)17-7-11-3-5-14-6-4-11/h3-6,9-10,15,17H,7-8H2,1-2H3,(H,16,18). The third-order valence-electron chi connectivity index (χ3n) is 2.86. The quantitative estimate of drug-likeness (QED) is 0.702. The molecule has 3 N–H and O–H groups in total. The van der Waals surface area contributed by atoms with E-state index < -0.39 is 10.0 Å². The lowest BCUT2D eigenvalue weighted by Crippen LogP contribution is -2.27. The molecule has 0 unspecified atom stereocenters. The topological polar surface area (TPSA) is 99.8 Å². The van der Waals surface area contributed by atoms with E-state index in [0.29, 0.717) is 12.1 Å². The average molecular weight is 309 g/mol. The van der Waals surface area contributed by atoms with Gasteiger partial charge in [0.2, 0.25) is 0 Å². The fraction of sp³-hybridized carbons (Fsp3) is 0.385. The lowest BCUT2D eigenvalue weighted by atomic mass is 10.3. The molecule has 8 heteroatoms. The van der Waals surface area contributed by atoms with Crippen molar-refractivity contribution in [1.29, 1.82) is 0 Å². The van der Waals surface area contributed by atoms with Gasteiger partial charge in [0.1, 0.15) is 0 Å². The molecule has 2 aromatic heterocycles. The highest BCUT2D eigenvalue weighted by Gasteiger charge is 2.20. The van der Waals surface area contributed by atoms with Crippen molar-refractivity contribution in [2.45, 2.75) is 38.0 Å². The van der Waals surface area contributed by atoms with Gasteiger partial charge in [-0.2, -0.15) is 5.10 Å². The Morgan fingerprint density at radius 2 is 1.95 bits per heavy atom. The number of aromatic amines is 1. The molecule has 2 aromatic rings. The molecular formula is C13H19N5O2S. The largest absolute Gasteiger partial charge is 0.310 e. The minimum atomic E-state index is -3.62. The van der Waals surface area contributed by atoms with E-state index in [9.17, 15) is 8.42 Å². The highest BCUT2D eigenvalue weighted by molar-refractivity contribution is 7.89. The number of nitrogens with one attached hydrogen (secondary N) is 3. The number of hydrogen-bond acceptors (Lipinski definition) is 5. The van der Waals surface area contributed by atoms with Gasteiger partial charge in [-0.05, 0) is 17.7 Å². The molecule has 0 aromatic carbocycles. The van der Waals surface area contributed by atoms with Crippen molar-refractivity contribution in [2.24, 2.45) is 0 Å². The molecule has 0 amide bonds. The maximum atomic E-state index is 12.3. The van der Waals surface area contributed by atoms with Gasteiger partial charge in [0.25, 0.3) is 10.0 Å². The molecule has 0 radical (unpaired) electrons. The van der Waals surface area contributed by atoms with Gasteiger partial charge in [0, 0.05) is 37.1 Å². The Labute approximate surface area is 124 Å². The summed E-state index contributed by atoms with van der Waals surface area (Å²) in [5.74, 6) is 0. The van der Waals surface area contributed by atoms with Crippen molar-refractivity contribution in [3.63, 3.8) is 0 Å². The van der Waals surface area contributed by atoms with Crippen molar-refractivity contribution in [3.8, 4) is 0 Å². The van der Waals surface area contributed by atoms with Gasteiger partial charge in [-0.15, -0.1) is 0 Å². The maximum absolute atomic E-state index is 12.3. The van der Waals surface area contributed by atoms with Crippen LogP contribution in [0.3, 0.4) is 0 Å². The fourth-order valence-corrected chi connectivity index (χ4v) is 2.87. The van der Waals surface area contributed by atoms with Crippen molar-refractivity contribution >= 4 is 10.0 Å². The van der Waals surface area contributed by atoms with Crippen LogP contribution in [0.25, 0.3) is 0 Å². The monoisotopic (exact) mass is 309 g/mol. The zero-order chi connectivity index (χ0) is 15.3. The van der Waals surface area contributed by atoms with Gasteiger partial charge in [-0.3, -0.25) is 10.1 Å². The first-order valence-corrected chi connectivity index (χ1v) is 8.11. The zero-order valence-electron chi connectivity index (χ0n) is 12.0. The molecule has 0 aliphatic carbocycles. The molecule has 0 fully saturated rings. The van der Waals surface area contributed by atoms with Crippen molar-refractivity contribution in [2.75, 3.05) is 0 Å². The number of hydrogen-bond donors (Lipinski definition) is 3. The van der Waals surface area contributed by atoms with Gasteiger partial charge in [0.15, 0.2) is 5.03 Å². The summed E-state index contributed by atoms with van der Waals surface area (Å²) in [5, 5.41) is 9.66. The first-order chi connectivity index (χ1) is 9.99. The van der Waals surface area contributed by atoms with Crippen molar-refractivity contribution in [1.82, 2.24) is 25.2 Å². The molecule has 2 heterocycles. The normalized spacial score (nSPS) is 12.0. The Morgan fingerprint density at radius 3 is 2.62 bits per heavy atom. The summed E-state index contributed by atoms with van der Waals surface area (Å²) in [5.41, 5.74) is 1.46. The Bertz CT molecular complexity index is 667. The van der Waals surface area contributed by atoms with Gasteiger partial charge in [-0.25, -0.2) is 13.1 Å². The Morgan fingerprint density at radius 1 is 1.24 bits per heavy atom. The lowest BCUT2D eigenvalue weighted by Gasteiger charge is -2.09. The number of rotatable bonds is 7. The molecule has 114 valence electrons. The van der Waals surface area contributed by atoms with Gasteiger partial charge >= 0.3 is 0 Å². The minimum Gasteiger partial charge on any atom is -0.310 e. The SMILES string of the molecule is CC(C)NCc1cn[nH]c1S(=O)(=O)NCc1ccncc1. The summed E-state index contributed by atoms with van der Waals surface area (Å²) in [6.07, 6.45) is 4.77. The fourth-order valence-electron chi connectivity index (χ4n) is 1.72. The van der Waals surface area contributed by atoms with Crippen LogP contribution in [-0.2, 0) is 23.1 Å². The maximum Gasteiger partial charge on any atom is 0.258 e. The van der Waals surface area contributed by atoms with E-state index in [-0.39, 0.29) is 17.6 Å². The highest BCUT2D eigenvalue weighted by atomic mass is 32.2. The van der Waals surface area contributed by atoms with E-state index >= 15 is 0 Å². The lowest BCUT2D eigenvalue weighted by molar-refractivity contribution is 0.564. The van der Waals surface area contributed by atoms with Crippen LogP contribution in [0.5, 0.6) is 0 Å². The third-order valence-corrected chi connectivity index (χ3v) is 4.28. The van der Waals surface area contributed by atoms with Crippen molar-refractivity contribution < 1.29 is 8.42 Å². The Balaban J connectivity index is 2.07. The van der Waals surface area contributed by atoms with E-state index in [1.54, 1.807) is 24.5 Å². The Hall–Kier alpha value is -1.77. The molecule has 0 saturated carbocycles. The molecule has 0 spiro atoms. The van der Waals surface area contributed by atoms with Crippen LogP contribution in [0.4, 0.5) is 0 Å². The van der Waals surface area contributed by atoms with Crippen LogP contribution in [-0.4, -0.2) is 29.6 Å². The number of pyridine rings is 1. The third kappa shape index (κ3) is 4.35. The highest BCUT2D eigenvalue weighted by Crippen LogP contribution is 2.12. The summed E-state index contributed by atoms with van der Waals surface area (Å²) in [7, 11) is -3.62. The predicted octanol–water partition coefficient (Wildman–Crippen LogP) is 0.781. The van der Waals surface area contributed by atoms with E-state index in [0.717, 1.165) is 5.56 Å². The minimum absolute atomic E-state index is 0.102. The molecule has 0 atom stereocenters. The molecular weight excluding hydrogens is 290 g/mol. The molecule has 0 bridgehead atoms. The molecule has 0 aliphatic rings. The van der Waals surface area contributed by atoms with Crippen LogP contribution in [0, 0.1) is 0 Å². The second-order valence-corrected chi connectivity index (χ2v) is 6.64. The van der Waals surface area contributed by atoms with Crippen LogP contribution in [0.2, 0.25) is 0 Å². The van der Waals surface area contributed by atoms with E-state index in [1.807, 2.05) is 13.8 Å². The summed E-state index contributed by atoms with van der Waals surface area (Å²) >= 11 is 0. The molecule has 7 nitrogen and oxygen atoms in total. The second kappa shape index (κ2) is 6.79. The van der Waals surface area contributed by atoms with Gasteiger partial charge < -0.3 is 5.32 Å². The summed E-state index contributed by atoms with van der Waals surface area (Å²) in [6.45, 7) is 4.65. The van der Waals surface area contributed by atoms with Crippen LogP contribution in [0.1, 0.15) is 25.0 Å². The average Bonchev–Trinajstić information content (AvgIpc) is 2.93. The summed E-state index contributed by atoms with van der Waals surface area (Å²) in [6, 6.07) is 3.79. The first-order valence-electron chi connectivity index (χ1n) is 6.63. The number of aromatic nitrogens is 3. The van der Waals surface area contributed by atoms with E-state index in [1.165, 1.54) is 6.20 Å². The van der Waals surface area contributed by atoms with Crippen LogP contribution < -0.4 is 10.0 Å². The first kappa shape index (κ1) is 15.6. The van der Waals surface area contributed by atoms with E-state index in [2.05, 4.69) is 25.2 Å². The molecule has 21 heavy (non-hydrogen) atoms. The number of H-pyrrole nitrogens is 1. The zero-order valence-corrected chi connectivity index (χ0v) is 12.8. The van der Waals surface area contributed by atoms with Gasteiger partial charge in [0.05, 0.1) is 6.20 Å². The van der Waals surface area contributed by atoms with Crippen molar-refractivity contribution in [3.05, 3.63) is 41.9 Å². The predicted molar refractivity (Wildman–Crippen MR) is 78.8 cm³/mol. The molecule has 2 rings (SSSR count). The number of nitrogens with zero attached hydrogens (tertiary/aromatic N) is 2. The summed E-state index contributed by atoms with van der Waals surface area (Å²) < 4.78 is 27.2. The molecule has 0 saturated heterocycles. The summed E-state index contributed by atoms with van der Waals surface area (Å²) in [4.78, 5) is 3.89. The number of sulfonamides is 1. The van der Waals surface area contributed by atoms with Gasteiger partial charge in [-0.1, -0.05) is 13.8 Å². The van der Waals surface area contributed by atoms with E-state index in [4.69, 9.17) is 0 Å². The molecule has 0 aliphatic heterocycles. The Kier molecular flexibility index (Phi) is 5.05. The second-order valence-electron chi connectivity index (χ2n) is 4.94. The smallest absolute Gasteiger partial charge is 0.258 e. The van der Waals surface area contributed by atoms with Crippen LogP contribution in [0.15, 0.2) is 35.7 Å².